The van der Waals surface area contributed by atoms with Gasteiger partial charge in [-0.05, 0) is 0 Å². The molecule has 6 unspecified atom stereocenters. The van der Waals surface area contributed by atoms with Crippen molar-refractivity contribution in [3.05, 3.63) is 12.7 Å². The van der Waals surface area contributed by atoms with Crippen LogP contribution in [0.1, 0.15) is 19.1 Å². The van der Waals surface area contributed by atoms with Gasteiger partial charge in [-0.3, -0.25) is 4.57 Å². The van der Waals surface area contributed by atoms with Crippen molar-refractivity contribution in [2.45, 2.75) is 49.8 Å². The van der Waals surface area contributed by atoms with E-state index in [-0.39, 0.29) is 19.0 Å². The molecule has 11 heteroatoms. The van der Waals surface area contributed by atoms with Crippen molar-refractivity contribution in [1.29, 1.82) is 0 Å². The van der Waals surface area contributed by atoms with Gasteiger partial charge in [0.05, 0.1) is 31.7 Å². The van der Waals surface area contributed by atoms with Gasteiger partial charge in [-0.2, -0.15) is 0 Å². The van der Waals surface area contributed by atoms with Crippen LogP contribution in [-0.2, 0) is 14.2 Å². The zero-order valence-corrected chi connectivity index (χ0v) is 13.9. The minimum Gasteiger partial charge on any atom is -0.394 e. The predicted octanol–water partition coefficient (Wildman–Crippen LogP) is -1.46. The van der Waals surface area contributed by atoms with E-state index in [2.05, 4.69) is 15.0 Å². The van der Waals surface area contributed by atoms with Crippen molar-refractivity contribution >= 4 is 17.0 Å². The first-order chi connectivity index (χ1) is 12.6. The molecule has 0 aliphatic carbocycles. The van der Waals surface area contributed by atoms with E-state index in [9.17, 15) is 10.2 Å². The molecule has 4 heterocycles. The molecule has 0 spiro atoms. The monoisotopic (exact) mass is 367 g/mol. The fourth-order valence-electron chi connectivity index (χ4n) is 3.33. The van der Waals surface area contributed by atoms with E-state index in [1.54, 1.807) is 4.57 Å². The number of nitrogens with zero attached hydrogens (tertiary/aromatic N) is 4. The summed E-state index contributed by atoms with van der Waals surface area (Å²) >= 11 is 0. The molecule has 2 aromatic rings. The van der Waals surface area contributed by atoms with Crippen molar-refractivity contribution in [2.75, 3.05) is 18.9 Å². The Balaban J connectivity index is 1.41. The standard InChI is InChI=1S/C15H21N5O6/c16-12-11-13(18-5-17-12)20(6-19-11)14-9(22)2-8(25-14)4-24-15-10(23)1-7(3-21)26-15/h5-10,14-15,21-23H,1-4H2,(H2,16,17,18). The summed E-state index contributed by atoms with van der Waals surface area (Å²) in [6.45, 7) is -0.0342. The molecular formula is C15H21N5O6. The Hall–Kier alpha value is -1.89. The molecule has 2 aliphatic rings. The average molecular weight is 367 g/mol. The predicted molar refractivity (Wildman–Crippen MR) is 86.6 cm³/mol. The zero-order chi connectivity index (χ0) is 18.3. The number of anilines is 1. The Kier molecular flexibility index (Phi) is 4.73. The van der Waals surface area contributed by atoms with E-state index in [1.807, 2.05) is 0 Å². The first-order valence-corrected chi connectivity index (χ1v) is 8.39. The molecule has 142 valence electrons. The molecule has 2 fully saturated rings. The van der Waals surface area contributed by atoms with Crippen LogP contribution < -0.4 is 5.73 Å². The van der Waals surface area contributed by atoms with Gasteiger partial charge in [0.2, 0.25) is 0 Å². The second kappa shape index (κ2) is 7.02. The van der Waals surface area contributed by atoms with Crippen molar-refractivity contribution in [3.8, 4) is 0 Å². The number of aromatic nitrogens is 4. The fraction of sp³-hybridized carbons (Fsp3) is 0.667. The Morgan fingerprint density at radius 2 is 1.96 bits per heavy atom. The third-order valence-corrected chi connectivity index (χ3v) is 4.62. The van der Waals surface area contributed by atoms with Gasteiger partial charge in [-0.1, -0.05) is 0 Å². The van der Waals surface area contributed by atoms with E-state index >= 15 is 0 Å². The minimum atomic E-state index is -0.812. The number of nitrogen functional groups attached to an aromatic ring is 1. The van der Waals surface area contributed by atoms with Gasteiger partial charge in [-0.25, -0.2) is 15.0 Å². The molecular weight excluding hydrogens is 346 g/mol. The quantitative estimate of drug-likeness (QED) is 0.492. The largest absolute Gasteiger partial charge is 0.394 e. The number of imidazole rings is 1. The maximum absolute atomic E-state index is 10.4. The molecule has 26 heavy (non-hydrogen) atoms. The summed E-state index contributed by atoms with van der Waals surface area (Å²) in [7, 11) is 0. The second-order valence-corrected chi connectivity index (χ2v) is 6.48. The molecule has 0 aromatic carbocycles. The first-order valence-electron chi connectivity index (χ1n) is 8.39. The number of hydrogen-bond acceptors (Lipinski definition) is 10. The molecule has 0 bridgehead atoms. The molecule has 2 saturated heterocycles. The van der Waals surface area contributed by atoms with Gasteiger partial charge in [0.25, 0.3) is 0 Å². The number of fused-ring (bicyclic) bond motifs is 1. The Morgan fingerprint density at radius 3 is 2.73 bits per heavy atom. The lowest BCUT2D eigenvalue weighted by atomic mass is 10.2. The normalized spacial score (nSPS) is 34.7. The first kappa shape index (κ1) is 17.5. The van der Waals surface area contributed by atoms with Gasteiger partial charge in [0, 0.05) is 12.8 Å². The van der Waals surface area contributed by atoms with Crippen molar-refractivity contribution in [2.24, 2.45) is 0 Å². The number of rotatable bonds is 5. The summed E-state index contributed by atoms with van der Waals surface area (Å²) in [6, 6.07) is 0. The van der Waals surface area contributed by atoms with E-state index in [0.717, 1.165) is 0 Å². The van der Waals surface area contributed by atoms with Crippen molar-refractivity contribution < 1.29 is 29.5 Å². The zero-order valence-electron chi connectivity index (χ0n) is 13.9. The summed E-state index contributed by atoms with van der Waals surface area (Å²) in [5.41, 5.74) is 6.70. The number of ether oxygens (including phenoxy) is 3. The lowest BCUT2D eigenvalue weighted by Crippen LogP contribution is -2.28. The van der Waals surface area contributed by atoms with Crippen molar-refractivity contribution in [3.63, 3.8) is 0 Å². The van der Waals surface area contributed by atoms with Crippen LogP contribution in [-0.4, -0.2) is 78.8 Å². The molecule has 2 aliphatic heterocycles. The maximum atomic E-state index is 10.4. The summed E-state index contributed by atoms with van der Waals surface area (Å²) in [4.78, 5) is 12.2. The Labute approximate surface area is 148 Å². The van der Waals surface area contributed by atoms with Gasteiger partial charge in [0.1, 0.15) is 24.1 Å². The van der Waals surface area contributed by atoms with Crippen LogP contribution in [0, 0.1) is 0 Å². The summed E-state index contributed by atoms with van der Waals surface area (Å²) in [5.74, 6) is 0.256. The second-order valence-electron chi connectivity index (χ2n) is 6.48. The molecule has 11 nitrogen and oxygen atoms in total. The van der Waals surface area contributed by atoms with Crippen LogP contribution in [0.2, 0.25) is 0 Å². The Morgan fingerprint density at radius 1 is 1.15 bits per heavy atom. The number of aliphatic hydroxyl groups excluding tert-OH is 3. The lowest BCUT2D eigenvalue weighted by Gasteiger charge is -2.19. The molecule has 2 aromatic heterocycles. The molecule has 6 atom stereocenters. The number of aliphatic hydroxyl groups is 3. The van der Waals surface area contributed by atoms with Crippen molar-refractivity contribution in [1.82, 2.24) is 19.5 Å². The minimum absolute atomic E-state index is 0.136. The van der Waals surface area contributed by atoms with E-state index < -0.39 is 36.9 Å². The van der Waals surface area contributed by atoms with Crippen LogP contribution >= 0.6 is 0 Å². The summed E-state index contributed by atoms with van der Waals surface area (Å²) in [5, 5.41) is 29.3. The molecule has 0 amide bonds. The van der Waals surface area contributed by atoms with E-state index in [0.29, 0.717) is 24.0 Å². The van der Waals surface area contributed by atoms with Gasteiger partial charge < -0.3 is 35.3 Å². The number of hydrogen-bond donors (Lipinski definition) is 4. The molecule has 4 rings (SSSR count). The smallest absolute Gasteiger partial charge is 0.184 e. The topological polar surface area (TPSA) is 158 Å². The molecule has 0 saturated carbocycles. The van der Waals surface area contributed by atoms with Crippen LogP contribution in [0.4, 0.5) is 5.82 Å². The van der Waals surface area contributed by atoms with E-state index in [1.165, 1.54) is 12.7 Å². The van der Waals surface area contributed by atoms with E-state index in [4.69, 9.17) is 25.1 Å². The maximum Gasteiger partial charge on any atom is 0.184 e. The molecule has 5 N–H and O–H groups in total. The average Bonchev–Trinajstić information content (AvgIpc) is 3.30. The summed E-state index contributed by atoms with van der Waals surface area (Å²) < 4.78 is 18.4. The third-order valence-electron chi connectivity index (χ3n) is 4.62. The van der Waals surface area contributed by atoms with Crippen LogP contribution in [0.15, 0.2) is 12.7 Å². The SMILES string of the molecule is Nc1ncnc2c1ncn2C1OC(COC2OC(CO)CC2O)CC1O. The van der Waals surface area contributed by atoms with Crippen LogP contribution in [0.25, 0.3) is 11.2 Å². The highest BCUT2D eigenvalue weighted by molar-refractivity contribution is 5.81. The van der Waals surface area contributed by atoms with Gasteiger partial charge in [0.15, 0.2) is 24.0 Å². The van der Waals surface area contributed by atoms with Gasteiger partial charge in [-0.15, -0.1) is 0 Å². The highest BCUT2D eigenvalue weighted by Crippen LogP contribution is 2.32. The van der Waals surface area contributed by atoms with Crippen LogP contribution in [0.5, 0.6) is 0 Å². The number of nitrogens with two attached hydrogens (primary N) is 1. The summed E-state index contributed by atoms with van der Waals surface area (Å²) in [6.07, 6.45) is -0.399. The highest BCUT2D eigenvalue weighted by atomic mass is 16.7. The molecule has 0 radical (unpaired) electrons. The third kappa shape index (κ3) is 3.13. The lowest BCUT2D eigenvalue weighted by molar-refractivity contribution is -0.186. The fourth-order valence-corrected chi connectivity index (χ4v) is 3.33. The van der Waals surface area contributed by atoms with Crippen LogP contribution in [0.3, 0.4) is 0 Å². The van der Waals surface area contributed by atoms with Gasteiger partial charge >= 0.3 is 0 Å². The highest BCUT2D eigenvalue weighted by Gasteiger charge is 2.39. The Bertz CT molecular complexity index is 772.